The van der Waals surface area contributed by atoms with Gasteiger partial charge < -0.3 is 10.6 Å². The van der Waals surface area contributed by atoms with Crippen LogP contribution in [0, 0.1) is 23.0 Å². The molecule has 0 atom stereocenters. The molecule has 2 aromatic carbocycles. The largest absolute Gasteiger partial charge is 0.352 e. The summed E-state index contributed by atoms with van der Waals surface area (Å²) in [6.45, 7) is 0.150. The van der Waals surface area contributed by atoms with Crippen LogP contribution in [0.15, 0.2) is 36.4 Å². The van der Waals surface area contributed by atoms with E-state index in [1.54, 1.807) is 6.07 Å². The summed E-state index contributed by atoms with van der Waals surface area (Å²) < 4.78 is 26.3. The number of carbonyl (C=O) groups is 2. The van der Waals surface area contributed by atoms with Gasteiger partial charge in [0.2, 0.25) is 5.91 Å². The number of rotatable bonds is 6. The summed E-state index contributed by atoms with van der Waals surface area (Å²) in [6.07, 6.45) is 0.439. The van der Waals surface area contributed by atoms with Crippen molar-refractivity contribution < 1.29 is 18.4 Å². The van der Waals surface area contributed by atoms with Crippen LogP contribution in [-0.4, -0.2) is 18.4 Å². The number of nitrogens with zero attached hydrogens (tertiary/aromatic N) is 1. The van der Waals surface area contributed by atoms with Crippen LogP contribution in [0.25, 0.3) is 0 Å². The average molecular weight is 378 g/mol. The van der Waals surface area contributed by atoms with Crippen LogP contribution < -0.4 is 10.6 Å². The fourth-order valence-corrected chi connectivity index (χ4v) is 2.35. The molecule has 2 rings (SSSR count). The van der Waals surface area contributed by atoms with E-state index in [2.05, 4.69) is 10.6 Å². The second-order valence-electron chi connectivity index (χ2n) is 5.34. The minimum Gasteiger partial charge on any atom is -0.352 e. The van der Waals surface area contributed by atoms with Crippen molar-refractivity contribution in [1.82, 2.24) is 5.32 Å². The Morgan fingerprint density at radius 1 is 1.15 bits per heavy atom. The lowest BCUT2D eigenvalue weighted by Crippen LogP contribution is -2.26. The maximum atomic E-state index is 13.5. The standard InChI is InChI=1S/C18H14ClF2N3O2/c19-15-9-13(5-3-11(15)10-22)24-17(25)2-1-7-23-18(26)14-6-4-12(20)8-16(14)21/h3-6,8-9H,1-2,7H2,(H,23,26)(H,24,25). The molecule has 0 unspecified atom stereocenters. The van der Waals surface area contributed by atoms with Crippen LogP contribution >= 0.6 is 11.6 Å². The number of carbonyl (C=O) groups excluding carboxylic acids is 2. The molecule has 0 fully saturated rings. The van der Waals surface area contributed by atoms with Crippen LogP contribution in [0.3, 0.4) is 0 Å². The molecule has 0 spiro atoms. The summed E-state index contributed by atoms with van der Waals surface area (Å²) >= 11 is 5.88. The number of benzene rings is 2. The Bertz CT molecular complexity index is 881. The lowest BCUT2D eigenvalue weighted by atomic mass is 10.2. The molecular weight excluding hydrogens is 364 g/mol. The third-order valence-corrected chi connectivity index (χ3v) is 3.73. The van der Waals surface area contributed by atoms with Gasteiger partial charge >= 0.3 is 0 Å². The van der Waals surface area contributed by atoms with Gasteiger partial charge in [0, 0.05) is 24.7 Å². The van der Waals surface area contributed by atoms with Gasteiger partial charge in [0.05, 0.1) is 16.1 Å². The molecule has 134 valence electrons. The van der Waals surface area contributed by atoms with Crippen molar-refractivity contribution >= 4 is 29.1 Å². The van der Waals surface area contributed by atoms with E-state index in [-0.39, 0.29) is 29.5 Å². The molecule has 0 bridgehead atoms. The third kappa shape index (κ3) is 5.26. The van der Waals surface area contributed by atoms with Crippen LogP contribution in [0.1, 0.15) is 28.8 Å². The lowest BCUT2D eigenvalue weighted by molar-refractivity contribution is -0.116. The third-order valence-electron chi connectivity index (χ3n) is 3.42. The molecule has 8 heteroatoms. The Balaban J connectivity index is 1.77. The van der Waals surface area contributed by atoms with Gasteiger partial charge in [0.15, 0.2) is 0 Å². The molecule has 0 aromatic heterocycles. The molecule has 2 amide bonds. The predicted molar refractivity (Wildman–Crippen MR) is 92.7 cm³/mol. The highest BCUT2D eigenvalue weighted by Crippen LogP contribution is 2.20. The Morgan fingerprint density at radius 3 is 2.58 bits per heavy atom. The second-order valence-corrected chi connectivity index (χ2v) is 5.75. The number of hydrogen-bond donors (Lipinski definition) is 2. The molecule has 0 radical (unpaired) electrons. The van der Waals surface area contributed by atoms with E-state index < -0.39 is 17.5 Å². The van der Waals surface area contributed by atoms with E-state index in [0.29, 0.717) is 23.7 Å². The second kappa shape index (κ2) is 8.92. The highest BCUT2D eigenvalue weighted by Gasteiger charge is 2.12. The zero-order chi connectivity index (χ0) is 19.1. The molecule has 5 nitrogen and oxygen atoms in total. The topological polar surface area (TPSA) is 82.0 Å². The normalized spacial score (nSPS) is 10.1. The van der Waals surface area contributed by atoms with Gasteiger partial charge in [-0.05, 0) is 36.8 Å². The number of nitriles is 1. The first kappa shape index (κ1) is 19.3. The van der Waals surface area contributed by atoms with Gasteiger partial charge in [0.1, 0.15) is 17.7 Å². The van der Waals surface area contributed by atoms with Crippen LogP contribution in [-0.2, 0) is 4.79 Å². The van der Waals surface area contributed by atoms with E-state index in [4.69, 9.17) is 16.9 Å². The van der Waals surface area contributed by atoms with Crippen LogP contribution in [0.4, 0.5) is 14.5 Å². The monoisotopic (exact) mass is 377 g/mol. The Hall–Kier alpha value is -2.98. The molecule has 0 saturated carbocycles. The molecule has 26 heavy (non-hydrogen) atoms. The minimum atomic E-state index is -0.946. The summed E-state index contributed by atoms with van der Waals surface area (Å²) in [5.41, 5.74) is 0.500. The first-order valence-corrected chi connectivity index (χ1v) is 8.01. The van der Waals surface area contributed by atoms with E-state index in [1.165, 1.54) is 12.1 Å². The van der Waals surface area contributed by atoms with Crippen molar-refractivity contribution in [3.05, 3.63) is 64.2 Å². The summed E-state index contributed by atoms with van der Waals surface area (Å²) in [5, 5.41) is 14.1. The number of hydrogen-bond acceptors (Lipinski definition) is 3. The summed E-state index contributed by atoms with van der Waals surface area (Å²) in [4.78, 5) is 23.6. The van der Waals surface area contributed by atoms with Crippen LogP contribution in [0.5, 0.6) is 0 Å². The fraction of sp³-hybridized carbons (Fsp3) is 0.167. The SMILES string of the molecule is N#Cc1ccc(NC(=O)CCCNC(=O)c2ccc(F)cc2F)cc1Cl. The maximum Gasteiger partial charge on any atom is 0.254 e. The number of amides is 2. The van der Waals surface area contributed by atoms with E-state index in [0.717, 1.165) is 12.1 Å². The molecule has 0 heterocycles. The highest BCUT2D eigenvalue weighted by atomic mass is 35.5. The minimum absolute atomic E-state index is 0.115. The predicted octanol–water partition coefficient (Wildman–Crippen LogP) is 3.64. The Labute approximate surface area is 153 Å². The van der Waals surface area contributed by atoms with Gasteiger partial charge in [-0.25, -0.2) is 8.78 Å². The van der Waals surface area contributed by atoms with Gasteiger partial charge in [-0.1, -0.05) is 11.6 Å². The van der Waals surface area contributed by atoms with E-state index in [1.807, 2.05) is 6.07 Å². The molecule has 0 saturated heterocycles. The smallest absolute Gasteiger partial charge is 0.254 e. The van der Waals surface area contributed by atoms with E-state index in [9.17, 15) is 18.4 Å². The van der Waals surface area contributed by atoms with Crippen molar-refractivity contribution in [2.24, 2.45) is 0 Å². The van der Waals surface area contributed by atoms with Gasteiger partial charge in [-0.15, -0.1) is 0 Å². The Morgan fingerprint density at radius 2 is 1.92 bits per heavy atom. The molecule has 0 aliphatic carbocycles. The number of anilines is 1. The molecule has 0 aliphatic heterocycles. The van der Waals surface area contributed by atoms with Gasteiger partial charge in [-0.2, -0.15) is 5.26 Å². The molecule has 2 N–H and O–H groups in total. The fourth-order valence-electron chi connectivity index (χ4n) is 2.13. The van der Waals surface area contributed by atoms with Gasteiger partial charge in [-0.3, -0.25) is 9.59 Å². The first-order valence-electron chi connectivity index (χ1n) is 7.63. The quantitative estimate of drug-likeness (QED) is 0.754. The molecule has 2 aromatic rings. The Kier molecular flexibility index (Phi) is 6.64. The van der Waals surface area contributed by atoms with Crippen molar-refractivity contribution in [3.8, 4) is 6.07 Å². The van der Waals surface area contributed by atoms with Crippen molar-refractivity contribution in [2.75, 3.05) is 11.9 Å². The van der Waals surface area contributed by atoms with Crippen molar-refractivity contribution in [3.63, 3.8) is 0 Å². The zero-order valence-corrected chi connectivity index (χ0v) is 14.2. The lowest BCUT2D eigenvalue weighted by Gasteiger charge is -2.08. The number of halogens is 3. The van der Waals surface area contributed by atoms with Crippen molar-refractivity contribution in [2.45, 2.75) is 12.8 Å². The maximum absolute atomic E-state index is 13.5. The van der Waals surface area contributed by atoms with Crippen LogP contribution in [0.2, 0.25) is 5.02 Å². The average Bonchev–Trinajstić information content (AvgIpc) is 2.58. The van der Waals surface area contributed by atoms with Crippen molar-refractivity contribution in [1.29, 1.82) is 5.26 Å². The zero-order valence-electron chi connectivity index (χ0n) is 13.5. The van der Waals surface area contributed by atoms with Gasteiger partial charge in [0.25, 0.3) is 5.91 Å². The molecule has 0 aliphatic rings. The summed E-state index contributed by atoms with van der Waals surface area (Å²) in [5.74, 6) is -2.69. The first-order chi connectivity index (χ1) is 12.4. The summed E-state index contributed by atoms with van der Waals surface area (Å²) in [7, 11) is 0. The number of nitrogens with one attached hydrogen (secondary N) is 2. The highest BCUT2D eigenvalue weighted by molar-refractivity contribution is 6.32. The van der Waals surface area contributed by atoms with E-state index >= 15 is 0 Å². The summed E-state index contributed by atoms with van der Waals surface area (Å²) in [6, 6.07) is 9.12. The molecular formula is C18H14ClF2N3O2.